The molecule has 1 fully saturated rings. The first kappa shape index (κ1) is 7.77. The molecule has 1 saturated carbocycles. The molecule has 0 aromatic carbocycles. The second-order valence-corrected chi connectivity index (χ2v) is 2.98. The Bertz CT molecular complexity index is 95.3. The van der Waals surface area contributed by atoms with E-state index in [0.29, 0.717) is 5.78 Å². The molecule has 1 nitrogen and oxygen atoms in total. The van der Waals surface area contributed by atoms with Gasteiger partial charge in [0.2, 0.25) is 0 Å². The Kier molecular flexibility index (Phi) is 3.48. The van der Waals surface area contributed by atoms with E-state index in [4.69, 9.17) is 0 Å². The van der Waals surface area contributed by atoms with E-state index in [9.17, 15) is 4.79 Å². The predicted molar refractivity (Wildman–Crippen MR) is 41.6 cm³/mol. The summed E-state index contributed by atoms with van der Waals surface area (Å²) in [6.45, 7) is 0. The Morgan fingerprint density at radius 1 is 1.10 bits per heavy atom. The van der Waals surface area contributed by atoms with Crippen LogP contribution in [0.1, 0.15) is 44.9 Å². The summed E-state index contributed by atoms with van der Waals surface area (Å²) in [6, 6.07) is 0. The summed E-state index contributed by atoms with van der Waals surface area (Å²) < 4.78 is 0. The third-order valence-corrected chi connectivity index (χ3v) is 1.99. The Labute approximate surface area is 62.8 Å². The van der Waals surface area contributed by atoms with E-state index in [1.807, 2.05) is 0 Å². The number of carbonyl (C=O) groups is 1. The van der Waals surface area contributed by atoms with Crippen LogP contribution < -0.4 is 0 Å². The third kappa shape index (κ3) is 3.00. The molecule has 0 amide bonds. The van der Waals surface area contributed by atoms with Gasteiger partial charge >= 0.3 is 0 Å². The zero-order chi connectivity index (χ0) is 7.23. The molecule has 0 saturated heterocycles. The molecule has 57 valence electrons. The molecule has 0 aromatic heterocycles. The zero-order valence-electron chi connectivity index (χ0n) is 6.44. The van der Waals surface area contributed by atoms with E-state index in [0.717, 1.165) is 25.7 Å². The van der Waals surface area contributed by atoms with Crippen LogP contribution in [-0.4, -0.2) is 5.78 Å². The van der Waals surface area contributed by atoms with E-state index in [-0.39, 0.29) is 0 Å². The van der Waals surface area contributed by atoms with Gasteiger partial charge in [-0.1, -0.05) is 19.3 Å². The molecule has 0 spiro atoms. The van der Waals surface area contributed by atoms with Gasteiger partial charge in [-0.2, -0.15) is 0 Å². The van der Waals surface area contributed by atoms with Crippen molar-refractivity contribution in [1.82, 2.24) is 0 Å². The van der Waals surface area contributed by atoms with Crippen LogP contribution in [0.4, 0.5) is 0 Å². The molecular formula is C9H15O. The van der Waals surface area contributed by atoms with Gasteiger partial charge in [-0.05, 0) is 19.3 Å². The van der Waals surface area contributed by atoms with Crippen molar-refractivity contribution in [3.05, 3.63) is 6.42 Å². The summed E-state index contributed by atoms with van der Waals surface area (Å²) in [5.74, 6) is 0.432. The molecule has 1 aliphatic rings. The molecule has 1 radical (unpaired) electrons. The third-order valence-electron chi connectivity index (χ3n) is 1.99. The average molecular weight is 139 g/mol. The first-order chi connectivity index (χ1) is 4.89. The summed E-state index contributed by atoms with van der Waals surface area (Å²) in [7, 11) is 0. The molecule has 0 N–H and O–H groups in total. The Balaban J connectivity index is 2.21. The van der Waals surface area contributed by atoms with Crippen LogP contribution in [-0.2, 0) is 4.79 Å². The Hall–Kier alpha value is -0.330. The highest BCUT2D eigenvalue weighted by molar-refractivity contribution is 5.79. The van der Waals surface area contributed by atoms with E-state index < -0.39 is 0 Å². The van der Waals surface area contributed by atoms with Crippen LogP contribution in [0.25, 0.3) is 0 Å². The maximum Gasteiger partial charge on any atom is 0.133 e. The fourth-order valence-electron chi connectivity index (χ4n) is 1.33. The Morgan fingerprint density at radius 3 is 2.80 bits per heavy atom. The first-order valence-electron chi connectivity index (χ1n) is 4.23. The first-order valence-corrected chi connectivity index (χ1v) is 4.23. The number of ketones is 1. The average Bonchev–Trinajstić information content (AvgIpc) is 2.02. The lowest BCUT2D eigenvalue weighted by atomic mass is 10.1. The van der Waals surface area contributed by atoms with Crippen molar-refractivity contribution >= 4 is 5.78 Å². The number of Topliss-reactive ketones (excluding diaryl/α,β-unsaturated/α-hetero) is 1. The largest absolute Gasteiger partial charge is 0.300 e. The minimum absolute atomic E-state index is 0.432. The number of hydrogen-bond donors (Lipinski definition) is 0. The van der Waals surface area contributed by atoms with Gasteiger partial charge in [0.05, 0.1) is 0 Å². The highest BCUT2D eigenvalue weighted by Crippen LogP contribution is 2.12. The normalized spacial score (nSPS) is 23.0. The van der Waals surface area contributed by atoms with Gasteiger partial charge in [-0.3, -0.25) is 4.79 Å². The molecule has 0 heterocycles. The number of rotatable bonds is 0. The highest BCUT2D eigenvalue weighted by atomic mass is 16.1. The molecule has 0 aromatic rings. The number of hydrogen-bond acceptors (Lipinski definition) is 1. The quantitative estimate of drug-likeness (QED) is 0.504. The fourth-order valence-corrected chi connectivity index (χ4v) is 1.33. The maximum atomic E-state index is 11.0. The molecular weight excluding hydrogens is 124 g/mol. The van der Waals surface area contributed by atoms with Gasteiger partial charge in [-0.25, -0.2) is 0 Å². The zero-order valence-corrected chi connectivity index (χ0v) is 6.44. The molecule has 1 heteroatoms. The second kappa shape index (κ2) is 4.48. The maximum absolute atomic E-state index is 11.0. The van der Waals surface area contributed by atoms with Crippen LogP contribution in [0, 0.1) is 6.42 Å². The van der Waals surface area contributed by atoms with Gasteiger partial charge in [0.15, 0.2) is 0 Å². The van der Waals surface area contributed by atoms with Crippen LogP contribution in [0.15, 0.2) is 0 Å². The minimum atomic E-state index is 0.432. The van der Waals surface area contributed by atoms with Crippen LogP contribution in [0.2, 0.25) is 0 Å². The predicted octanol–water partition coefficient (Wildman–Crippen LogP) is 2.50. The van der Waals surface area contributed by atoms with Crippen molar-refractivity contribution in [2.45, 2.75) is 44.9 Å². The van der Waals surface area contributed by atoms with Gasteiger partial charge in [0.1, 0.15) is 5.78 Å². The molecule has 0 bridgehead atoms. The van der Waals surface area contributed by atoms with Crippen molar-refractivity contribution in [3.63, 3.8) is 0 Å². The summed E-state index contributed by atoms with van der Waals surface area (Å²) >= 11 is 0. The topological polar surface area (TPSA) is 17.1 Å². The summed E-state index contributed by atoms with van der Waals surface area (Å²) in [4.78, 5) is 11.0. The SMILES string of the molecule is O=C1C[CH]CCCCCC1. The van der Waals surface area contributed by atoms with Crippen molar-refractivity contribution in [2.75, 3.05) is 0 Å². The van der Waals surface area contributed by atoms with Crippen LogP contribution >= 0.6 is 0 Å². The van der Waals surface area contributed by atoms with Crippen LogP contribution in [0.5, 0.6) is 0 Å². The summed E-state index contributed by atoms with van der Waals surface area (Å²) in [6.07, 6.45) is 9.78. The van der Waals surface area contributed by atoms with Crippen molar-refractivity contribution in [1.29, 1.82) is 0 Å². The molecule has 0 atom stereocenters. The minimum Gasteiger partial charge on any atom is -0.300 e. The Morgan fingerprint density at radius 2 is 1.90 bits per heavy atom. The van der Waals surface area contributed by atoms with Gasteiger partial charge in [0, 0.05) is 12.8 Å². The standard InChI is InChI=1S/C9H15O/c10-9-7-5-3-1-2-4-6-8-9/h5H,1-4,6-8H2. The molecule has 1 aliphatic carbocycles. The van der Waals surface area contributed by atoms with E-state index in [1.165, 1.54) is 19.3 Å². The van der Waals surface area contributed by atoms with Crippen molar-refractivity contribution < 1.29 is 4.79 Å². The lowest BCUT2D eigenvalue weighted by Crippen LogP contribution is -1.95. The fraction of sp³-hybridized carbons (Fsp3) is 0.778. The van der Waals surface area contributed by atoms with Crippen molar-refractivity contribution in [2.24, 2.45) is 0 Å². The van der Waals surface area contributed by atoms with E-state index >= 15 is 0 Å². The number of carbonyl (C=O) groups excluding carboxylic acids is 1. The lowest BCUT2D eigenvalue weighted by molar-refractivity contribution is -0.118. The lowest BCUT2D eigenvalue weighted by Gasteiger charge is -1.93. The van der Waals surface area contributed by atoms with Gasteiger partial charge in [0.25, 0.3) is 0 Å². The van der Waals surface area contributed by atoms with Crippen molar-refractivity contribution in [3.8, 4) is 0 Å². The van der Waals surface area contributed by atoms with E-state index in [1.54, 1.807) is 0 Å². The van der Waals surface area contributed by atoms with E-state index in [2.05, 4.69) is 6.42 Å². The monoisotopic (exact) mass is 139 g/mol. The van der Waals surface area contributed by atoms with Crippen LogP contribution in [0.3, 0.4) is 0 Å². The summed E-state index contributed by atoms with van der Waals surface area (Å²) in [5.41, 5.74) is 0. The van der Waals surface area contributed by atoms with Gasteiger partial charge < -0.3 is 0 Å². The summed E-state index contributed by atoms with van der Waals surface area (Å²) in [5, 5.41) is 0. The second-order valence-electron chi connectivity index (χ2n) is 2.98. The van der Waals surface area contributed by atoms with Gasteiger partial charge in [-0.15, -0.1) is 0 Å². The molecule has 0 unspecified atom stereocenters. The molecule has 10 heavy (non-hydrogen) atoms. The highest BCUT2D eigenvalue weighted by Gasteiger charge is 2.04. The smallest absolute Gasteiger partial charge is 0.133 e. The molecule has 0 aliphatic heterocycles. The molecule has 1 rings (SSSR count).